The van der Waals surface area contributed by atoms with E-state index in [-0.39, 0.29) is 25.0 Å². The van der Waals surface area contributed by atoms with Gasteiger partial charge >= 0.3 is 6.03 Å². The van der Waals surface area contributed by atoms with Crippen LogP contribution in [0.4, 0.5) is 9.18 Å². The quantitative estimate of drug-likeness (QED) is 0.786. The fraction of sp³-hybridized carbons (Fsp3) is 0.500. The summed E-state index contributed by atoms with van der Waals surface area (Å²) in [6.07, 6.45) is 3.56. The average molecular weight is 345 g/mol. The van der Waals surface area contributed by atoms with Gasteiger partial charge in [0.05, 0.1) is 12.1 Å². The maximum absolute atomic E-state index is 13.5. The number of aliphatic hydroxyl groups is 1. The van der Waals surface area contributed by atoms with E-state index in [1.807, 2.05) is 0 Å². The minimum Gasteiger partial charge on any atom is -0.394 e. The van der Waals surface area contributed by atoms with E-state index >= 15 is 0 Å². The zero-order valence-electron chi connectivity index (χ0n) is 11.1. The maximum Gasteiger partial charge on any atom is 0.315 e. The second-order valence-corrected chi connectivity index (χ2v) is 6.10. The first kappa shape index (κ1) is 15.3. The van der Waals surface area contributed by atoms with Gasteiger partial charge in [-0.2, -0.15) is 0 Å². The van der Waals surface area contributed by atoms with Gasteiger partial charge in [-0.3, -0.25) is 0 Å². The zero-order chi connectivity index (χ0) is 14.6. The first-order valence-electron chi connectivity index (χ1n) is 6.65. The Morgan fingerprint density at radius 2 is 2.10 bits per heavy atom. The van der Waals surface area contributed by atoms with Gasteiger partial charge in [0, 0.05) is 16.6 Å². The lowest BCUT2D eigenvalue weighted by Gasteiger charge is -2.28. The van der Waals surface area contributed by atoms with Gasteiger partial charge in [0.2, 0.25) is 0 Å². The van der Waals surface area contributed by atoms with Crippen molar-refractivity contribution in [1.82, 2.24) is 10.6 Å². The van der Waals surface area contributed by atoms with E-state index in [2.05, 4.69) is 26.6 Å². The number of nitrogens with one attached hydrogen (secondary N) is 2. The largest absolute Gasteiger partial charge is 0.394 e. The monoisotopic (exact) mass is 344 g/mol. The van der Waals surface area contributed by atoms with Crippen LogP contribution in [0.2, 0.25) is 0 Å². The molecule has 3 N–H and O–H groups in total. The molecular weight excluding hydrogens is 327 g/mol. The van der Waals surface area contributed by atoms with Gasteiger partial charge in [-0.1, -0.05) is 28.8 Å². The Hall–Kier alpha value is -1.14. The second-order valence-electron chi connectivity index (χ2n) is 5.19. The number of rotatable bonds is 4. The van der Waals surface area contributed by atoms with Crippen molar-refractivity contribution in [3.63, 3.8) is 0 Å². The van der Waals surface area contributed by atoms with E-state index < -0.39 is 5.54 Å². The molecule has 1 fully saturated rings. The molecule has 20 heavy (non-hydrogen) atoms. The van der Waals surface area contributed by atoms with Crippen molar-refractivity contribution >= 4 is 22.0 Å². The summed E-state index contributed by atoms with van der Waals surface area (Å²) in [6.45, 7) is 0.0459. The maximum atomic E-state index is 13.5. The molecule has 0 atom stereocenters. The Morgan fingerprint density at radius 3 is 2.75 bits per heavy atom. The van der Waals surface area contributed by atoms with Gasteiger partial charge in [-0.05, 0) is 31.0 Å². The highest BCUT2D eigenvalue weighted by atomic mass is 79.9. The molecule has 0 aliphatic heterocycles. The van der Waals surface area contributed by atoms with E-state index in [4.69, 9.17) is 0 Å². The molecule has 2 rings (SSSR count). The Kier molecular flexibility index (Phi) is 4.99. The number of carbonyl (C=O) groups is 1. The highest BCUT2D eigenvalue weighted by molar-refractivity contribution is 9.10. The van der Waals surface area contributed by atoms with E-state index in [1.165, 1.54) is 6.07 Å². The van der Waals surface area contributed by atoms with Crippen molar-refractivity contribution < 1.29 is 14.3 Å². The number of amides is 2. The molecule has 0 bridgehead atoms. The molecule has 1 aliphatic carbocycles. The molecule has 110 valence electrons. The first-order valence-corrected chi connectivity index (χ1v) is 7.45. The molecule has 1 aromatic rings. The molecular formula is C14H18BrFN2O2. The van der Waals surface area contributed by atoms with Crippen LogP contribution in [-0.2, 0) is 6.54 Å². The van der Waals surface area contributed by atoms with Crippen molar-refractivity contribution in [3.8, 4) is 0 Å². The summed E-state index contributed by atoms with van der Waals surface area (Å²) in [4.78, 5) is 11.9. The van der Waals surface area contributed by atoms with E-state index in [0.717, 1.165) is 30.2 Å². The number of hydrogen-bond donors (Lipinski definition) is 3. The number of halogens is 2. The van der Waals surface area contributed by atoms with Crippen LogP contribution in [-0.4, -0.2) is 23.3 Å². The summed E-state index contributed by atoms with van der Waals surface area (Å²) < 4.78 is 14.3. The molecule has 1 aliphatic rings. The minimum atomic E-state index is -0.514. The Bertz CT molecular complexity index is 490. The average Bonchev–Trinajstić information content (AvgIpc) is 2.89. The smallest absolute Gasteiger partial charge is 0.315 e. The second kappa shape index (κ2) is 6.54. The fourth-order valence-electron chi connectivity index (χ4n) is 2.51. The van der Waals surface area contributed by atoms with Gasteiger partial charge in [0.25, 0.3) is 0 Å². The van der Waals surface area contributed by atoms with Crippen molar-refractivity contribution in [2.45, 2.75) is 37.8 Å². The van der Waals surface area contributed by atoms with Crippen LogP contribution >= 0.6 is 15.9 Å². The number of carbonyl (C=O) groups excluding carboxylic acids is 1. The van der Waals surface area contributed by atoms with Gasteiger partial charge in [0.15, 0.2) is 0 Å². The molecule has 0 aromatic heterocycles. The third-order valence-electron chi connectivity index (χ3n) is 3.69. The van der Waals surface area contributed by atoms with E-state index in [0.29, 0.717) is 5.56 Å². The molecule has 6 heteroatoms. The van der Waals surface area contributed by atoms with Crippen molar-refractivity contribution in [3.05, 3.63) is 34.1 Å². The number of urea groups is 1. The normalized spacial score (nSPS) is 16.9. The highest BCUT2D eigenvalue weighted by Gasteiger charge is 2.34. The van der Waals surface area contributed by atoms with E-state index in [1.54, 1.807) is 12.1 Å². The fourth-order valence-corrected chi connectivity index (χ4v) is 2.92. The third kappa shape index (κ3) is 3.70. The standard InChI is InChI=1S/C14H18BrFN2O2/c15-11-3-4-12(16)10(7-11)8-17-13(20)18-14(9-19)5-1-2-6-14/h3-4,7,19H,1-2,5-6,8-9H2,(H2,17,18,20). The third-order valence-corrected chi connectivity index (χ3v) is 4.18. The van der Waals surface area contributed by atoms with Gasteiger partial charge in [0.1, 0.15) is 5.82 Å². The SMILES string of the molecule is O=C(NCc1cc(Br)ccc1F)NC1(CO)CCCC1. The van der Waals surface area contributed by atoms with Crippen LogP contribution in [0.5, 0.6) is 0 Å². The van der Waals surface area contributed by atoms with E-state index in [9.17, 15) is 14.3 Å². The predicted octanol–water partition coefficient (Wildman–Crippen LogP) is 2.69. The van der Waals surface area contributed by atoms with Crippen LogP contribution in [0.3, 0.4) is 0 Å². The van der Waals surface area contributed by atoms with Crippen LogP contribution in [0.25, 0.3) is 0 Å². The highest BCUT2D eigenvalue weighted by Crippen LogP contribution is 2.28. The zero-order valence-corrected chi connectivity index (χ0v) is 12.7. The summed E-state index contributed by atoms with van der Waals surface area (Å²) in [6, 6.07) is 4.22. The Morgan fingerprint density at radius 1 is 1.40 bits per heavy atom. The summed E-state index contributed by atoms with van der Waals surface area (Å²) in [5.41, 5.74) is -0.0983. The number of benzene rings is 1. The topological polar surface area (TPSA) is 61.4 Å². The van der Waals surface area contributed by atoms with Crippen LogP contribution in [0.1, 0.15) is 31.2 Å². The lowest BCUT2D eigenvalue weighted by atomic mass is 9.99. The molecule has 0 unspecified atom stereocenters. The summed E-state index contributed by atoms with van der Waals surface area (Å²) in [5.74, 6) is -0.355. The molecule has 0 spiro atoms. The van der Waals surface area contributed by atoms with Crippen LogP contribution < -0.4 is 10.6 Å². The molecule has 4 nitrogen and oxygen atoms in total. The summed E-state index contributed by atoms with van der Waals surface area (Å²) in [5, 5.41) is 14.9. The Labute approximate surface area is 125 Å². The number of aliphatic hydroxyl groups excluding tert-OH is 1. The van der Waals surface area contributed by atoms with Crippen molar-refractivity contribution in [1.29, 1.82) is 0 Å². The number of hydrogen-bond acceptors (Lipinski definition) is 2. The molecule has 2 amide bonds. The molecule has 0 heterocycles. The van der Waals surface area contributed by atoms with Gasteiger partial charge < -0.3 is 15.7 Å². The van der Waals surface area contributed by atoms with Crippen LogP contribution in [0, 0.1) is 5.82 Å². The van der Waals surface area contributed by atoms with Crippen molar-refractivity contribution in [2.24, 2.45) is 0 Å². The molecule has 0 saturated heterocycles. The lowest BCUT2D eigenvalue weighted by Crippen LogP contribution is -2.52. The molecule has 0 radical (unpaired) electrons. The first-order chi connectivity index (χ1) is 9.54. The van der Waals surface area contributed by atoms with Gasteiger partial charge in [-0.25, -0.2) is 9.18 Å². The molecule has 1 aromatic carbocycles. The minimum absolute atomic E-state index is 0.0638. The van der Waals surface area contributed by atoms with Crippen molar-refractivity contribution in [2.75, 3.05) is 6.61 Å². The Balaban J connectivity index is 1.90. The molecule has 1 saturated carbocycles. The summed E-state index contributed by atoms with van der Waals surface area (Å²) in [7, 11) is 0. The summed E-state index contributed by atoms with van der Waals surface area (Å²) >= 11 is 3.27. The van der Waals surface area contributed by atoms with Crippen LogP contribution in [0.15, 0.2) is 22.7 Å². The predicted molar refractivity (Wildman–Crippen MR) is 77.8 cm³/mol. The van der Waals surface area contributed by atoms with Gasteiger partial charge in [-0.15, -0.1) is 0 Å². The lowest BCUT2D eigenvalue weighted by molar-refractivity contribution is 0.162.